The fourth-order valence-electron chi connectivity index (χ4n) is 7.34. The maximum Gasteiger partial charge on any atom is 0.268 e. The minimum Gasteiger partial charge on any atom is -0.756 e. The Bertz CT molecular complexity index is 1210. The third-order valence-corrected chi connectivity index (χ3v) is 12.4. The molecule has 1 amide bonds. The van der Waals surface area contributed by atoms with Gasteiger partial charge in [-0.25, -0.2) is 0 Å². The molecule has 3 unspecified atom stereocenters. The number of rotatable bonds is 47. The van der Waals surface area contributed by atoms with Gasteiger partial charge in [-0.1, -0.05) is 209 Å². The Balaban J connectivity index is 4.04. The number of allylic oxidation sites excluding steroid dienone is 9. The number of phosphoric ester groups is 1. The number of carbonyl (C=O) groups excluding carboxylic acids is 1. The van der Waals surface area contributed by atoms with E-state index < -0.39 is 26.6 Å². The molecule has 9 heteroatoms. The molecule has 0 radical (unpaired) electrons. The first-order valence-corrected chi connectivity index (χ1v) is 27.6. The third kappa shape index (κ3) is 48.0. The maximum absolute atomic E-state index is 12.9. The normalized spacial score (nSPS) is 14.6. The van der Waals surface area contributed by atoms with E-state index in [2.05, 4.69) is 67.8 Å². The van der Waals surface area contributed by atoms with Gasteiger partial charge in [0.25, 0.3) is 7.82 Å². The predicted molar refractivity (Wildman–Crippen MR) is 270 cm³/mol. The fraction of sp³-hybridized carbons (Fsp3) is 0.796. The van der Waals surface area contributed by atoms with Crippen molar-refractivity contribution in [3.63, 3.8) is 0 Å². The van der Waals surface area contributed by atoms with Crippen molar-refractivity contribution in [2.24, 2.45) is 0 Å². The summed E-state index contributed by atoms with van der Waals surface area (Å²) in [5, 5.41) is 13.7. The maximum atomic E-state index is 12.9. The van der Waals surface area contributed by atoms with E-state index in [0.29, 0.717) is 17.4 Å². The van der Waals surface area contributed by atoms with Crippen molar-refractivity contribution in [1.29, 1.82) is 0 Å². The van der Waals surface area contributed by atoms with Crippen molar-refractivity contribution in [3.05, 3.63) is 60.8 Å². The van der Waals surface area contributed by atoms with Crippen molar-refractivity contribution >= 4 is 13.7 Å². The molecule has 0 saturated heterocycles. The molecule has 0 fully saturated rings. The second kappa shape index (κ2) is 45.4. The van der Waals surface area contributed by atoms with Crippen LogP contribution in [0.25, 0.3) is 0 Å². The molecule has 3 atom stereocenters. The number of aliphatic hydroxyl groups excluding tert-OH is 1. The van der Waals surface area contributed by atoms with Crippen LogP contribution in [-0.2, 0) is 18.4 Å². The van der Waals surface area contributed by atoms with E-state index in [1.54, 1.807) is 6.08 Å². The Morgan fingerprint density at radius 1 is 0.571 bits per heavy atom. The minimum atomic E-state index is -4.60. The number of phosphoric acid groups is 1. The lowest BCUT2D eigenvalue weighted by atomic mass is 10.0. The summed E-state index contributed by atoms with van der Waals surface area (Å²) in [5.74, 6) is -0.215. The van der Waals surface area contributed by atoms with Gasteiger partial charge in [0.2, 0.25) is 5.91 Å². The second-order valence-corrected chi connectivity index (χ2v) is 20.2. The second-order valence-electron chi connectivity index (χ2n) is 18.8. The molecule has 0 bridgehead atoms. The highest BCUT2D eigenvalue weighted by Gasteiger charge is 2.23. The predicted octanol–water partition coefficient (Wildman–Crippen LogP) is 14.7. The summed E-state index contributed by atoms with van der Waals surface area (Å²) in [6.45, 7) is 4.49. The molecule has 0 rings (SSSR count). The van der Waals surface area contributed by atoms with Crippen LogP contribution in [0.1, 0.15) is 226 Å². The van der Waals surface area contributed by atoms with Gasteiger partial charge in [-0.15, -0.1) is 0 Å². The van der Waals surface area contributed by atoms with Crippen molar-refractivity contribution in [1.82, 2.24) is 5.32 Å². The average Bonchev–Trinajstić information content (AvgIpc) is 3.24. The molecule has 8 nitrogen and oxygen atoms in total. The number of hydrogen-bond donors (Lipinski definition) is 2. The Hall–Kier alpha value is -1.80. The van der Waals surface area contributed by atoms with Gasteiger partial charge in [0.1, 0.15) is 13.2 Å². The molecule has 368 valence electrons. The molecule has 63 heavy (non-hydrogen) atoms. The van der Waals surface area contributed by atoms with Crippen LogP contribution in [-0.4, -0.2) is 68.5 Å². The fourth-order valence-corrected chi connectivity index (χ4v) is 8.06. The van der Waals surface area contributed by atoms with E-state index >= 15 is 0 Å². The highest BCUT2D eigenvalue weighted by Crippen LogP contribution is 2.38. The van der Waals surface area contributed by atoms with Gasteiger partial charge in [-0.05, 0) is 70.6 Å². The van der Waals surface area contributed by atoms with Crippen LogP contribution in [0.4, 0.5) is 0 Å². The number of nitrogens with one attached hydrogen (secondary N) is 1. The number of amides is 1. The molecule has 2 N–H and O–H groups in total. The molecule has 0 saturated carbocycles. The zero-order chi connectivity index (χ0) is 46.4. The molecule has 0 aliphatic carbocycles. The number of hydrogen-bond acceptors (Lipinski definition) is 6. The summed E-state index contributed by atoms with van der Waals surface area (Å²) >= 11 is 0. The summed E-state index contributed by atoms with van der Waals surface area (Å²) in [5.41, 5.74) is 0. The van der Waals surface area contributed by atoms with Crippen LogP contribution in [0.15, 0.2) is 60.8 Å². The Kier molecular flexibility index (Phi) is 44.1. The van der Waals surface area contributed by atoms with Crippen LogP contribution >= 0.6 is 7.82 Å². The first-order chi connectivity index (χ1) is 30.5. The van der Waals surface area contributed by atoms with E-state index in [1.165, 1.54) is 148 Å². The topological polar surface area (TPSA) is 108 Å². The van der Waals surface area contributed by atoms with E-state index in [-0.39, 0.29) is 12.5 Å². The Morgan fingerprint density at radius 2 is 0.984 bits per heavy atom. The number of nitrogens with zero attached hydrogens (tertiary/aromatic N) is 1. The lowest BCUT2D eigenvalue weighted by Gasteiger charge is -2.29. The van der Waals surface area contributed by atoms with Gasteiger partial charge < -0.3 is 28.8 Å². The van der Waals surface area contributed by atoms with Gasteiger partial charge in [-0.3, -0.25) is 9.36 Å². The summed E-state index contributed by atoms with van der Waals surface area (Å²) < 4.78 is 23.2. The van der Waals surface area contributed by atoms with Crippen LogP contribution in [0.5, 0.6) is 0 Å². The van der Waals surface area contributed by atoms with Gasteiger partial charge in [-0.2, -0.15) is 0 Å². The molecule has 0 aliphatic heterocycles. The number of aliphatic hydroxyl groups is 1. The largest absolute Gasteiger partial charge is 0.756 e. The monoisotopic (exact) mass is 905 g/mol. The standard InChI is InChI=1S/C54H101N2O6P/c1-6-8-10-12-14-16-18-19-20-21-22-23-24-25-26-27-28-29-30-31-32-33-34-35-36-37-38-40-42-44-46-48-54(58)55-52(51-62-63(59,60)61-50-49-56(3,4)5)53(57)47-45-43-41-39-17-15-13-11-9-7-2/h9,11,17,22-23,25-26,39,45,47,52-53,57H,6-8,10,12-16,18-21,24,27-38,40-44,46,48-51H2,1-5H3,(H-,55,58,59,60)/b11-9+,23-22-,26-25-,39-17+,47-45+. The number of unbranched alkanes of at least 4 members (excludes halogenated alkanes) is 26. The SMILES string of the molecule is CC/C=C/CC/C=C/CC/C=C/C(O)C(COP(=O)([O-])OCC[N+](C)(C)C)NC(=O)CCCCCCCCCCCCCCCCC/C=C\C/C=C\CCCCCCCCCCC. The minimum absolute atomic E-state index is 0.0106. The van der Waals surface area contributed by atoms with Crippen molar-refractivity contribution in [3.8, 4) is 0 Å². The summed E-state index contributed by atoms with van der Waals surface area (Å²) in [7, 11) is 1.23. The first-order valence-electron chi connectivity index (χ1n) is 26.2. The molecule has 0 aromatic carbocycles. The smallest absolute Gasteiger partial charge is 0.268 e. The van der Waals surface area contributed by atoms with E-state index in [9.17, 15) is 19.4 Å². The van der Waals surface area contributed by atoms with Gasteiger partial charge in [0, 0.05) is 6.42 Å². The number of likely N-dealkylation sites (N-methyl/N-ethyl adjacent to an activating group) is 1. The summed E-state index contributed by atoms with van der Waals surface area (Å²) in [6, 6.07) is -0.909. The first kappa shape index (κ1) is 61.2. The van der Waals surface area contributed by atoms with Gasteiger partial charge >= 0.3 is 0 Å². The quantitative estimate of drug-likeness (QED) is 0.0273. The molecular formula is C54H101N2O6P. The molecule has 0 aromatic heterocycles. The molecule has 0 aliphatic rings. The van der Waals surface area contributed by atoms with E-state index in [1.807, 2.05) is 27.2 Å². The van der Waals surface area contributed by atoms with E-state index in [4.69, 9.17) is 9.05 Å². The number of carbonyl (C=O) groups is 1. The lowest BCUT2D eigenvalue weighted by Crippen LogP contribution is -2.45. The van der Waals surface area contributed by atoms with Crippen molar-refractivity contribution in [2.45, 2.75) is 238 Å². The number of quaternary nitrogens is 1. The zero-order valence-electron chi connectivity index (χ0n) is 41.8. The van der Waals surface area contributed by atoms with Gasteiger partial charge in [0.05, 0.1) is 39.9 Å². The third-order valence-electron chi connectivity index (χ3n) is 11.4. The summed E-state index contributed by atoms with van der Waals surface area (Å²) in [6.07, 6.45) is 60.3. The molecule has 0 spiro atoms. The average molecular weight is 905 g/mol. The lowest BCUT2D eigenvalue weighted by molar-refractivity contribution is -0.870. The van der Waals surface area contributed by atoms with Crippen LogP contribution in [0.3, 0.4) is 0 Å². The van der Waals surface area contributed by atoms with Crippen LogP contribution < -0.4 is 10.2 Å². The Morgan fingerprint density at radius 3 is 1.44 bits per heavy atom. The van der Waals surface area contributed by atoms with Crippen molar-refractivity contribution < 1.29 is 32.9 Å². The van der Waals surface area contributed by atoms with E-state index in [0.717, 1.165) is 57.8 Å². The molecular weight excluding hydrogens is 804 g/mol. The Labute approximate surface area is 390 Å². The van der Waals surface area contributed by atoms with Crippen LogP contribution in [0, 0.1) is 0 Å². The zero-order valence-corrected chi connectivity index (χ0v) is 42.7. The molecule has 0 aromatic rings. The summed E-state index contributed by atoms with van der Waals surface area (Å²) in [4.78, 5) is 25.3. The molecule has 0 heterocycles. The van der Waals surface area contributed by atoms with Crippen LogP contribution in [0.2, 0.25) is 0 Å². The van der Waals surface area contributed by atoms with Crippen molar-refractivity contribution in [2.75, 3.05) is 40.9 Å². The van der Waals surface area contributed by atoms with Gasteiger partial charge in [0.15, 0.2) is 0 Å². The highest BCUT2D eigenvalue weighted by atomic mass is 31.2. The highest BCUT2D eigenvalue weighted by molar-refractivity contribution is 7.45.